The monoisotopic (exact) mass is 388 g/mol. The number of carbonyl (C=O) groups is 1. The van der Waals surface area contributed by atoms with Crippen molar-refractivity contribution in [1.82, 2.24) is 9.97 Å². The van der Waals surface area contributed by atoms with Crippen molar-refractivity contribution in [3.63, 3.8) is 0 Å². The number of halogens is 2. The van der Waals surface area contributed by atoms with Gasteiger partial charge in [-0.1, -0.05) is 26.3 Å². The van der Waals surface area contributed by atoms with Crippen LogP contribution in [0.1, 0.15) is 44.2 Å². The first-order valence-corrected chi connectivity index (χ1v) is 9.66. The molecule has 0 radical (unpaired) electrons. The summed E-state index contributed by atoms with van der Waals surface area (Å²) in [7, 11) is 0. The van der Waals surface area contributed by atoms with Crippen molar-refractivity contribution >= 4 is 29.0 Å². The van der Waals surface area contributed by atoms with Gasteiger partial charge in [0.05, 0.1) is 17.6 Å². The smallest absolute Gasteiger partial charge is 0.238 e. The second-order valence-electron chi connectivity index (χ2n) is 7.78. The number of anilines is 2. The Morgan fingerprint density at radius 2 is 2.15 bits per heavy atom. The minimum atomic E-state index is -0.484. The van der Waals surface area contributed by atoms with Crippen LogP contribution in [-0.4, -0.2) is 22.4 Å². The van der Waals surface area contributed by atoms with E-state index in [-0.39, 0.29) is 23.6 Å². The van der Waals surface area contributed by atoms with Crippen LogP contribution in [0, 0.1) is 11.7 Å². The van der Waals surface area contributed by atoms with E-state index in [9.17, 15) is 9.18 Å². The van der Waals surface area contributed by atoms with E-state index in [0.717, 1.165) is 36.9 Å². The van der Waals surface area contributed by atoms with Gasteiger partial charge in [0.25, 0.3) is 0 Å². The Kier molecular flexibility index (Phi) is 4.54. The molecule has 1 amide bonds. The first kappa shape index (κ1) is 18.2. The molecule has 1 fully saturated rings. The van der Waals surface area contributed by atoms with Gasteiger partial charge >= 0.3 is 0 Å². The predicted octanol–water partition coefficient (Wildman–Crippen LogP) is 4.31. The van der Waals surface area contributed by atoms with Crippen molar-refractivity contribution < 1.29 is 9.18 Å². The van der Waals surface area contributed by atoms with Crippen LogP contribution in [0.15, 0.2) is 24.4 Å². The molecule has 1 aromatic carbocycles. The number of amides is 1. The van der Waals surface area contributed by atoms with Crippen molar-refractivity contribution in [2.75, 3.05) is 16.8 Å². The van der Waals surface area contributed by atoms with Gasteiger partial charge in [-0.3, -0.25) is 4.79 Å². The molecule has 5 nitrogen and oxygen atoms in total. The number of nitrogens with one attached hydrogen (secondary N) is 1. The van der Waals surface area contributed by atoms with E-state index in [1.165, 1.54) is 12.1 Å². The summed E-state index contributed by atoms with van der Waals surface area (Å²) in [6, 6.07) is 4.66. The van der Waals surface area contributed by atoms with Crippen molar-refractivity contribution in [2.24, 2.45) is 5.92 Å². The standard InChI is InChI=1S/C20H22ClFN4O/c1-12(2)9-23-17-13(10-24-19(21)25-17)11-26-16-8-14(22)4-5-15(16)20(18(26)27)6-3-7-20/h4-5,8,10,12H,3,6-7,9,11H2,1-2H3,(H,23,24,25). The predicted molar refractivity (Wildman–Crippen MR) is 103 cm³/mol. The maximum Gasteiger partial charge on any atom is 0.238 e. The Morgan fingerprint density at radius 3 is 2.81 bits per heavy atom. The van der Waals surface area contributed by atoms with Gasteiger partial charge < -0.3 is 10.2 Å². The minimum absolute atomic E-state index is 0.0408. The van der Waals surface area contributed by atoms with Crippen molar-refractivity contribution in [1.29, 1.82) is 0 Å². The quantitative estimate of drug-likeness (QED) is 0.775. The summed E-state index contributed by atoms with van der Waals surface area (Å²) in [4.78, 5) is 23.3. The Bertz CT molecular complexity index is 898. The largest absolute Gasteiger partial charge is 0.369 e. The first-order valence-electron chi connectivity index (χ1n) is 9.28. The van der Waals surface area contributed by atoms with Crippen LogP contribution in [-0.2, 0) is 16.8 Å². The Labute approximate surface area is 163 Å². The summed E-state index contributed by atoms with van der Waals surface area (Å²) < 4.78 is 13.9. The topological polar surface area (TPSA) is 58.1 Å². The molecule has 2 aromatic rings. The lowest BCUT2D eigenvalue weighted by molar-refractivity contribution is -0.126. The number of hydrogen-bond acceptors (Lipinski definition) is 4. The average molecular weight is 389 g/mol. The number of aromatic nitrogens is 2. The molecule has 0 atom stereocenters. The fourth-order valence-electron chi connectivity index (χ4n) is 3.91. The lowest BCUT2D eigenvalue weighted by Gasteiger charge is -2.37. The molecule has 1 N–H and O–H groups in total. The molecule has 0 unspecified atom stereocenters. The van der Waals surface area contributed by atoms with Gasteiger partial charge in [0.2, 0.25) is 11.2 Å². The van der Waals surface area contributed by atoms with Crippen LogP contribution < -0.4 is 10.2 Å². The van der Waals surface area contributed by atoms with Gasteiger partial charge in [0.1, 0.15) is 11.6 Å². The van der Waals surface area contributed by atoms with Crippen LogP contribution in [0.5, 0.6) is 0 Å². The molecule has 1 saturated carbocycles. The molecule has 2 aliphatic rings. The van der Waals surface area contributed by atoms with Crippen LogP contribution in [0.3, 0.4) is 0 Å². The fourth-order valence-corrected chi connectivity index (χ4v) is 4.04. The van der Waals surface area contributed by atoms with Gasteiger partial charge in [-0.25, -0.2) is 14.4 Å². The summed E-state index contributed by atoms with van der Waals surface area (Å²) in [5, 5.41) is 3.43. The first-order chi connectivity index (χ1) is 12.9. The minimum Gasteiger partial charge on any atom is -0.369 e. The Balaban J connectivity index is 1.69. The van der Waals surface area contributed by atoms with Crippen LogP contribution in [0.25, 0.3) is 0 Å². The molecular weight excluding hydrogens is 367 g/mol. The van der Waals surface area contributed by atoms with Gasteiger partial charge in [0.15, 0.2) is 0 Å². The van der Waals surface area contributed by atoms with E-state index < -0.39 is 5.41 Å². The zero-order valence-electron chi connectivity index (χ0n) is 15.4. The second kappa shape index (κ2) is 6.75. The fraction of sp³-hybridized carbons (Fsp3) is 0.450. The van der Waals surface area contributed by atoms with Gasteiger partial charge in [-0.05, 0) is 48.1 Å². The van der Waals surface area contributed by atoms with Gasteiger partial charge in [-0.15, -0.1) is 0 Å². The molecule has 0 saturated heterocycles. The third-order valence-electron chi connectivity index (χ3n) is 5.47. The van der Waals surface area contributed by atoms with E-state index in [2.05, 4.69) is 29.1 Å². The lowest BCUT2D eigenvalue weighted by Crippen LogP contribution is -2.44. The molecule has 1 spiro atoms. The van der Waals surface area contributed by atoms with Crippen molar-refractivity contribution in [3.05, 3.63) is 46.6 Å². The third kappa shape index (κ3) is 3.06. The maximum absolute atomic E-state index is 13.9. The van der Waals surface area contributed by atoms with E-state index in [1.807, 2.05) is 0 Å². The van der Waals surface area contributed by atoms with E-state index in [1.54, 1.807) is 17.2 Å². The summed E-state index contributed by atoms with van der Waals surface area (Å²) in [6.45, 7) is 5.20. The Morgan fingerprint density at radius 1 is 1.37 bits per heavy atom. The zero-order valence-corrected chi connectivity index (χ0v) is 16.2. The lowest BCUT2D eigenvalue weighted by atomic mass is 9.65. The summed E-state index contributed by atoms with van der Waals surface area (Å²) in [5.74, 6) is 0.740. The highest BCUT2D eigenvalue weighted by Crippen LogP contribution is 2.53. The second-order valence-corrected chi connectivity index (χ2v) is 8.11. The maximum atomic E-state index is 13.9. The number of fused-ring (bicyclic) bond motifs is 2. The highest BCUT2D eigenvalue weighted by molar-refractivity contribution is 6.28. The van der Waals surface area contributed by atoms with E-state index in [0.29, 0.717) is 17.4 Å². The highest BCUT2D eigenvalue weighted by atomic mass is 35.5. The molecule has 2 heterocycles. The van der Waals surface area contributed by atoms with Crippen LogP contribution in [0.2, 0.25) is 5.28 Å². The molecule has 142 valence electrons. The molecular formula is C20H22ClFN4O. The van der Waals surface area contributed by atoms with E-state index >= 15 is 0 Å². The van der Waals surface area contributed by atoms with Gasteiger partial charge in [0, 0.05) is 18.3 Å². The molecule has 4 rings (SSSR count). The number of hydrogen-bond donors (Lipinski definition) is 1. The van der Waals surface area contributed by atoms with Crippen LogP contribution in [0.4, 0.5) is 15.9 Å². The number of carbonyl (C=O) groups excluding carboxylic acids is 1. The number of benzene rings is 1. The molecule has 1 aliphatic carbocycles. The molecule has 1 aliphatic heterocycles. The Hall–Kier alpha value is -2.21. The molecule has 7 heteroatoms. The molecule has 0 bridgehead atoms. The zero-order chi connectivity index (χ0) is 19.2. The SMILES string of the molecule is CC(C)CNc1nc(Cl)ncc1CN1C(=O)C2(CCC2)c2ccc(F)cc21. The molecule has 1 aromatic heterocycles. The molecule has 27 heavy (non-hydrogen) atoms. The summed E-state index contributed by atoms with van der Waals surface area (Å²) in [6.07, 6.45) is 4.28. The van der Waals surface area contributed by atoms with Crippen LogP contribution >= 0.6 is 11.6 Å². The third-order valence-corrected chi connectivity index (χ3v) is 5.65. The summed E-state index contributed by atoms with van der Waals surface area (Å²) in [5.41, 5.74) is 1.87. The number of nitrogens with zero attached hydrogens (tertiary/aromatic N) is 3. The summed E-state index contributed by atoms with van der Waals surface area (Å²) >= 11 is 5.96. The van der Waals surface area contributed by atoms with Crippen molar-refractivity contribution in [3.8, 4) is 0 Å². The highest BCUT2D eigenvalue weighted by Gasteiger charge is 2.54. The van der Waals surface area contributed by atoms with Gasteiger partial charge in [-0.2, -0.15) is 0 Å². The normalized spacial score (nSPS) is 17.4. The van der Waals surface area contributed by atoms with Crippen molar-refractivity contribution in [2.45, 2.75) is 45.1 Å². The van der Waals surface area contributed by atoms with E-state index in [4.69, 9.17) is 11.6 Å². The average Bonchev–Trinajstić information content (AvgIpc) is 2.83. The number of rotatable bonds is 5.